The summed E-state index contributed by atoms with van der Waals surface area (Å²) in [5.74, 6) is 0. The highest BCUT2D eigenvalue weighted by Gasteiger charge is 2.47. The fourth-order valence-corrected chi connectivity index (χ4v) is 2.79. The van der Waals surface area contributed by atoms with Gasteiger partial charge in [0.15, 0.2) is 0 Å². The van der Waals surface area contributed by atoms with Crippen LogP contribution in [0.5, 0.6) is 0 Å². The van der Waals surface area contributed by atoms with Crippen LogP contribution in [-0.2, 0) is 0 Å². The Morgan fingerprint density at radius 2 is 2.15 bits per heavy atom. The van der Waals surface area contributed by atoms with Gasteiger partial charge in [-0.25, -0.2) is 0 Å². The lowest BCUT2D eigenvalue weighted by molar-refractivity contribution is 0.0748. The highest BCUT2D eigenvalue weighted by Crippen LogP contribution is 2.43. The molecule has 1 atom stereocenters. The second kappa shape index (κ2) is 2.61. The topological polar surface area (TPSA) is 15.3 Å². The number of fused-ring (bicyclic) bond motifs is 1. The fraction of sp³-hybridized carbons (Fsp3) is 0.636. The summed E-state index contributed by atoms with van der Waals surface area (Å²) in [4.78, 5) is 2.62. The zero-order valence-corrected chi connectivity index (χ0v) is 7.92. The second-order valence-corrected chi connectivity index (χ2v) is 4.25. The Bertz CT molecular complexity index is 274. The van der Waals surface area contributed by atoms with Gasteiger partial charge in [0, 0.05) is 13.1 Å². The highest BCUT2D eigenvalue weighted by molar-refractivity contribution is 5.36. The molecule has 2 aliphatic heterocycles. The molecule has 0 aromatic carbocycles. The maximum Gasteiger partial charge on any atom is 0.113 e. The first-order valence-electron chi connectivity index (χ1n) is 5.31. The molecule has 1 N–H and O–H groups in total. The molecule has 13 heavy (non-hydrogen) atoms. The van der Waals surface area contributed by atoms with Gasteiger partial charge in [-0.2, -0.15) is 0 Å². The summed E-state index contributed by atoms with van der Waals surface area (Å²) in [6, 6.07) is 0. The van der Waals surface area contributed by atoms with Gasteiger partial charge in [0.25, 0.3) is 0 Å². The van der Waals surface area contributed by atoms with Crippen LogP contribution in [0, 0.1) is 0 Å². The number of likely N-dealkylation sites (tertiary alicyclic amines) is 1. The fourth-order valence-electron chi connectivity index (χ4n) is 2.79. The smallest absolute Gasteiger partial charge is 0.113 e. The lowest BCUT2D eigenvalue weighted by Gasteiger charge is -2.52. The van der Waals surface area contributed by atoms with Crippen LogP contribution in [0.25, 0.3) is 0 Å². The van der Waals surface area contributed by atoms with Gasteiger partial charge in [-0.15, -0.1) is 0 Å². The van der Waals surface area contributed by atoms with E-state index in [0.29, 0.717) is 0 Å². The van der Waals surface area contributed by atoms with E-state index in [0.717, 1.165) is 0 Å². The van der Waals surface area contributed by atoms with Crippen molar-refractivity contribution in [2.75, 3.05) is 13.1 Å². The molecule has 2 heterocycles. The molecule has 2 heteroatoms. The van der Waals surface area contributed by atoms with E-state index in [1.165, 1.54) is 38.8 Å². The third-order valence-corrected chi connectivity index (χ3v) is 3.65. The van der Waals surface area contributed by atoms with Gasteiger partial charge >= 0.3 is 0 Å². The molecule has 0 radical (unpaired) electrons. The minimum absolute atomic E-state index is 0.255. The second-order valence-electron chi connectivity index (χ2n) is 4.25. The molecule has 1 saturated heterocycles. The minimum Gasteiger partial charge on any atom is -0.370 e. The average molecular weight is 176 g/mol. The lowest BCUT2D eigenvalue weighted by Crippen LogP contribution is -2.63. The van der Waals surface area contributed by atoms with Crippen molar-refractivity contribution in [3.05, 3.63) is 23.9 Å². The van der Waals surface area contributed by atoms with Crippen LogP contribution < -0.4 is 5.32 Å². The molecule has 70 valence electrons. The van der Waals surface area contributed by atoms with E-state index in [9.17, 15) is 0 Å². The van der Waals surface area contributed by atoms with Crippen LogP contribution >= 0.6 is 0 Å². The largest absolute Gasteiger partial charge is 0.370 e. The van der Waals surface area contributed by atoms with E-state index in [1.807, 2.05) is 0 Å². The summed E-state index contributed by atoms with van der Waals surface area (Å²) in [5, 5.41) is 3.55. The van der Waals surface area contributed by atoms with Crippen molar-refractivity contribution in [2.45, 2.75) is 31.3 Å². The Hall–Kier alpha value is -0.760. The van der Waals surface area contributed by atoms with E-state index >= 15 is 0 Å². The quantitative estimate of drug-likeness (QED) is 0.653. The number of rotatable bonds is 1. The monoisotopic (exact) mass is 176 g/mol. The Labute approximate surface area is 79.3 Å². The van der Waals surface area contributed by atoms with Gasteiger partial charge in [-0.3, -0.25) is 4.90 Å². The molecule has 1 saturated carbocycles. The Kier molecular flexibility index (Phi) is 1.53. The summed E-state index contributed by atoms with van der Waals surface area (Å²) < 4.78 is 0. The van der Waals surface area contributed by atoms with Gasteiger partial charge in [0.2, 0.25) is 0 Å². The number of allylic oxidation sites excluding steroid dienone is 2. The normalized spacial score (nSPS) is 37.7. The van der Waals surface area contributed by atoms with Gasteiger partial charge in [0.1, 0.15) is 5.66 Å². The predicted octanol–water partition coefficient (Wildman–Crippen LogP) is 1.62. The van der Waals surface area contributed by atoms with E-state index in [1.54, 1.807) is 5.57 Å². The van der Waals surface area contributed by atoms with Crippen molar-refractivity contribution in [1.82, 2.24) is 10.2 Å². The van der Waals surface area contributed by atoms with Crippen LogP contribution in [0.4, 0.5) is 0 Å². The summed E-state index contributed by atoms with van der Waals surface area (Å²) in [7, 11) is 0. The van der Waals surface area contributed by atoms with E-state index in [4.69, 9.17) is 0 Å². The molecule has 0 aromatic heterocycles. The van der Waals surface area contributed by atoms with E-state index < -0.39 is 0 Å². The highest BCUT2D eigenvalue weighted by atomic mass is 15.3. The number of nitrogens with one attached hydrogen (secondary N) is 1. The maximum absolute atomic E-state index is 3.55. The number of hydrogen-bond donors (Lipinski definition) is 1. The molecule has 1 aliphatic carbocycles. The third kappa shape index (κ3) is 0.923. The van der Waals surface area contributed by atoms with Crippen molar-refractivity contribution in [1.29, 1.82) is 0 Å². The molecule has 1 unspecified atom stereocenters. The maximum atomic E-state index is 3.55. The molecular weight excluding hydrogens is 160 g/mol. The molecule has 2 fully saturated rings. The summed E-state index contributed by atoms with van der Waals surface area (Å²) >= 11 is 0. The van der Waals surface area contributed by atoms with Crippen molar-refractivity contribution in [2.24, 2.45) is 0 Å². The Morgan fingerprint density at radius 1 is 1.31 bits per heavy atom. The molecule has 3 rings (SSSR count). The van der Waals surface area contributed by atoms with Crippen LogP contribution in [0.15, 0.2) is 23.9 Å². The van der Waals surface area contributed by atoms with Gasteiger partial charge in [0.05, 0.1) is 0 Å². The number of hydrogen-bond acceptors (Lipinski definition) is 2. The summed E-state index contributed by atoms with van der Waals surface area (Å²) in [6.07, 6.45) is 11.8. The van der Waals surface area contributed by atoms with Gasteiger partial charge < -0.3 is 5.32 Å². The van der Waals surface area contributed by atoms with E-state index in [2.05, 4.69) is 28.6 Å². The Balaban J connectivity index is 1.88. The molecule has 0 spiro atoms. The van der Waals surface area contributed by atoms with Crippen molar-refractivity contribution in [3.8, 4) is 0 Å². The molecule has 0 amide bonds. The van der Waals surface area contributed by atoms with Crippen molar-refractivity contribution >= 4 is 0 Å². The molecule has 0 aromatic rings. The number of nitrogens with zero attached hydrogens (tertiary/aromatic N) is 1. The zero-order chi connectivity index (χ0) is 8.73. The van der Waals surface area contributed by atoms with Crippen LogP contribution in [0.3, 0.4) is 0 Å². The predicted molar refractivity (Wildman–Crippen MR) is 53.1 cm³/mol. The first-order valence-corrected chi connectivity index (χ1v) is 5.31. The first kappa shape index (κ1) is 7.63. The zero-order valence-electron chi connectivity index (χ0n) is 7.92. The summed E-state index contributed by atoms with van der Waals surface area (Å²) in [5.41, 5.74) is 1.85. The molecule has 2 nitrogen and oxygen atoms in total. The first-order chi connectivity index (χ1) is 6.42. The van der Waals surface area contributed by atoms with Crippen LogP contribution in [-0.4, -0.2) is 23.7 Å². The molecular formula is C11H16N2. The standard InChI is InChI=1S/C11H16N2/c1-2-9-13(8-1)11-6-5-10(11)4-3-7-12-11/h3-4,7,12H,1-2,5-6,8-9H2. The van der Waals surface area contributed by atoms with Crippen molar-refractivity contribution in [3.63, 3.8) is 0 Å². The van der Waals surface area contributed by atoms with E-state index in [-0.39, 0.29) is 5.66 Å². The lowest BCUT2D eigenvalue weighted by atomic mass is 9.76. The summed E-state index contributed by atoms with van der Waals surface area (Å²) in [6.45, 7) is 2.55. The number of dihydropyridines is 1. The SMILES string of the molecule is C1=CNC2(N3CCCC3)CCC2=C1. The average Bonchev–Trinajstić information content (AvgIpc) is 2.60. The van der Waals surface area contributed by atoms with Gasteiger partial charge in [-0.1, -0.05) is 6.08 Å². The molecule has 3 aliphatic rings. The minimum atomic E-state index is 0.255. The van der Waals surface area contributed by atoms with Gasteiger partial charge in [-0.05, 0) is 43.5 Å². The van der Waals surface area contributed by atoms with Crippen LogP contribution in [0.2, 0.25) is 0 Å². The Morgan fingerprint density at radius 3 is 2.77 bits per heavy atom. The van der Waals surface area contributed by atoms with Crippen LogP contribution in [0.1, 0.15) is 25.7 Å². The molecule has 0 bridgehead atoms. The third-order valence-electron chi connectivity index (χ3n) is 3.65. The van der Waals surface area contributed by atoms with Crippen molar-refractivity contribution < 1.29 is 0 Å².